The summed E-state index contributed by atoms with van der Waals surface area (Å²) in [7, 11) is 0. The van der Waals surface area contributed by atoms with E-state index < -0.39 is 27.4 Å². The molecule has 3 aromatic rings. The number of para-hydroxylation sites is 1. The fraction of sp³-hybridized carbons (Fsp3) is 0.387. The maximum Gasteiger partial charge on any atom is 0.248 e. The van der Waals surface area contributed by atoms with Gasteiger partial charge in [0, 0.05) is 29.3 Å². The Kier molecular flexibility index (Phi) is 6.63. The Labute approximate surface area is 232 Å². The number of anilines is 2. The molecule has 2 bridgehead atoms. The number of thioether (sulfide) groups is 1. The molecule has 3 amide bonds. The van der Waals surface area contributed by atoms with Crippen LogP contribution in [0.4, 0.5) is 11.4 Å². The molecule has 3 saturated heterocycles. The molecule has 7 nitrogen and oxygen atoms in total. The van der Waals surface area contributed by atoms with Gasteiger partial charge >= 0.3 is 0 Å². The van der Waals surface area contributed by atoms with Crippen LogP contribution in [0.3, 0.4) is 0 Å². The lowest BCUT2D eigenvalue weighted by atomic mass is 9.66. The van der Waals surface area contributed by atoms with Crippen molar-refractivity contribution in [1.82, 2.24) is 4.90 Å². The Morgan fingerprint density at radius 1 is 0.923 bits per heavy atom. The van der Waals surface area contributed by atoms with E-state index in [2.05, 4.69) is 17.6 Å². The number of aliphatic hydroxyl groups excluding tert-OH is 1. The third kappa shape index (κ3) is 4.30. The topological polar surface area (TPSA) is 98.7 Å². The maximum atomic E-state index is 14.1. The number of nitrogens with one attached hydrogen (secondary N) is 2. The number of benzene rings is 3. The van der Waals surface area contributed by atoms with Crippen molar-refractivity contribution in [2.24, 2.45) is 11.8 Å². The molecule has 3 heterocycles. The lowest BCUT2D eigenvalue weighted by Gasteiger charge is -2.34. The van der Waals surface area contributed by atoms with Gasteiger partial charge in [-0.25, -0.2) is 0 Å². The minimum atomic E-state index is -0.693. The predicted molar refractivity (Wildman–Crippen MR) is 154 cm³/mol. The van der Waals surface area contributed by atoms with Crippen molar-refractivity contribution in [1.29, 1.82) is 0 Å². The number of nitrogens with zero attached hydrogens (tertiary/aromatic N) is 1. The average molecular weight is 544 g/mol. The van der Waals surface area contributed by atoms with Crippen molar-refractivity contribution in [3.63, 3.8) is 0 Å². The molecular weight excluding hydrogens is 510 g/mol. The van der Waals surface area contributed by atoms with Crippen LogP contribution in [0, 0.1) is 11.8 Å². The Hall–Kier alpha value is -3.36. The first-order valence-corrected chi connectivity index (χ1v) is 14.4. The highest BCUT2D eigenvalue weighted by atomic mass is 32.2. The molecule has 5 atom stereocenters. The fourth-order valence-electron chi connectivity index (χ4n) is 6.98. The molecule has 1 spiro atoms. The van der Waals surface area contributed by atoms with Gasteiger partial charge in [0.2, 0.25) is 17.7 Å². The van der Waals surface area contributed by atoms with Crippen molar-refractivity contribution >= 4 is 51.6 Å². The molecule has 0 aliphatic carbocycles. The van der Waals surface area contributed by atoms with Gasteiger partial charge in [0.15, 0.2) is 0 Å². The second-order valence-corrected chi connectivity index (χ2v) is 13.0. The summed E-state index contributed by atoms with van der Waals surface area (Å²) < 4.78 is -1.11. The minimum absolute atomic E-state index is 0.0273. The third-order valence-electron chi connectivity index (χ3n) is 8.67. The smallest absolute Gasteiger partial charge is 0.248 e. The third-order valence-corrected chi connectivity index (χ3v) is 10.7. The van der Waals surface area contributed by atoms with E-state index in [0.717, 1.165) is 17.2 Å². The van der Waals surface area contributed by atoms with Gasteiger partial charge in [-0.2, -0.15) is 0 Å². The number of amides is 3. The van der Waals surface area contributed by atoms with E-state index in [4.69, 9.17) is 0 Å². The number of carbonyl (C=O) groups is 3. The fourth-order valence-corrected chi connectivity index (χ4v) is 9.34. The van der Waals surface area contributed by atoms with Crippen molar-refractivity contribution in [3.05, 3.63) is 72.8 Å². The second-order valence-electron chi connectivity index (χ2n) is 11.1. The zero-order chi connectivity index (χ0) is 27.2. The van der Waals surface area contributed by atoms with Crippen LogP contribution in [0.2, 0.25) is 0 Å². The van der Waals surface area contributed by atoms with Gasteiger partial charge in [-0.15, -0.1) is 11.8 Å². The molecule has 3 N–H and O–H groups in total. The molecule has 3 aromatic carbocycles. The van der Waals surface area contributed by atoms with E-state index in [1.807, 2.05) is 72.8 Å². The first kappa shape index (κ1) is 25.9. The Morgan fingerprint density at radius 2 is 1.64 bits per heavy atom. The summed E-state index contributed by atoms with van der Waals surface area (Å²) in [5.41, 5.74) is 1.38. The molecular formula is C31H33N3O4S. The maximum absolute atomic E-state index is 14.1. The van der Waals surface area contributed by atoms with E-state index in [1.54, 1.807) is 16.7 Å². The zero-order valence-electron chi connectivity index (χ0n) is 21.9. The number of rotatable bonds is 8. The molecule has 202 valence electrons. The minimum Gasteiger partial charge on any atom is -0.396 e. The standard InChI is InChI=1S/C31H33N3O4S/c1-30-15-16-31(39-30)25(24(30)27(36)32-22-11-3-2-4-12-22)29(38)34(17-7-8-18-35)26(31)28(37)33-23-14-13-20-9-5-6-10-21(20)19-23/h2-6,9-14,19,24-26,35H,7-8,15-18H2,1H3,(H,32,36)(H,33,37)/t24-,25+,26?,30+,31?/m1/s1. The lowest BCUT2D eigenvalue weighted by molar-refractivity contribution is -0.139. The van der Waals surface area contributed by atoms with E-state index in [0.29, 0.717) is 37.2 Å². The van der Waals surface area contributed by atoms with E-state index in [-0.39, 0.29) is 24.3 Å². The summed E-state index contributed by atoms with van der Waals surface area (Å²) in [6.45, 7) is 2.47. The highest BCUT2D eigenvalue weighted by Crippen LogP contribution is 2.71. The zero-order valence-corrected chi connectivity index (χ0v) is 22.7. The summed E-state index contributed by atoms with van der Waals surface area (Å²) >= 11 is 1.66. The van der Waals surface area contributed by atoms with Gasteiger partial charge in [0.1, 0.15) is 6.04 Å². The van der Waals surface area contributed by atoms with E-state index in [9.17, 15) is 19.5 Å². The van der Waals surface area contributed by atoms with Gasteiger partial charge in [0.05, 0.1) is 16.6 Å². The molecule has 0 saturated carbocycles. The molecule has 3 aliphatic heterocycles. The summed E-state index contributed by atoms with van der Waals surface area (Å²) in [6, 6.07) is 22.4. The number of carbonyl (C=O) groups excluding carboxylic acids is 3. The van der Waals surface area contributed by atoms with Crippen LogP contribution < -0.4 is 10.6 Å². The van der Waals surface area contributed by atoms with Gasteiger partial charge in [-0.05, 0) is 67.6 Å². The van der Waals surface area contributed by atoms with Gasteiger partial charge in [-0.3, -0.25) is 14.4 Å². The molecule has 6 rings (SSSR count). The van der Waals surface area contributed by atoms with Crippen LogP contribution in [0.1, 0.15) is 32.6 Å². The van der Waals surface area contributed by atoms with E-state index in [1.165, 1.54) is 0 Å². The van der Waals surface area contributed by atoms with Gasteiger partial charge in [-0.1, -0.05) is 48.5 Å². The highest BCUT2D eigenvalue weighted by Gasteiger charge is 2.77. The number of aliphatic hydroxyl groups is 1. The van der Waals surface area contributed by atoms with Crippen LogP contribution in [-0.4, -0.2) is 56.4 Å². The summed E-state index contributed by atoms with van der Waals surface area (Å²) in [4.78, 5) is 43.6. The monoisotopic (exact) mass is 543 g/mol. The van der Waals surface area contributed by atoms with E-state index >= 15 is 0 Å². The average Bonchev–Trinajstić information content (AvgIpc) is 3.50. The molecule has 0 aromatic heterocycles. The van der Waals surface area contributed by atoms with Crippen molar-refractivity contribution in [2.75, 3.05) is 23.8 Å². The van der Waals surface area contributed by atoms with Crippen LogP contribution in [-0.2, 0) is 14.4 Å². The Morgan fingerprint density at radius 3 is 2.41 bits per heavy atom. The largest absolute Gasteiger partial charge is 0.396 e. The number of fused-ring (bicyclic) bond motifs is 2. The number of hydrogen-bond donors (Lipinski definition) is 3. The summed E-state index contributed by atoms with van der Waals surface area (Å²) in [5.74, 6) is -1.63. The highest BCUT2D eigenvalue weighted by molar-refractivity contribution is 8.02. The first-order valence-electron chi connectivity index (χ1n) is 13.6. The van der Waals surface area contributed by atoms with Crippen LogP contribution >= 0.6 is 11.8 Å². The first-order chi connectivity index (χ1) is 18.9. The number of unbranched alkanes of at least 4 members (excludes halogenated alkanes) is 1. The number of hydrogen-bond acceptors (Lipinski definition) is 5. The quantitative estimate of drug-likeness (QED) is 0.359. The summed E-state index contributed by atoms with van der Waals surface area (Å²) in [6.07, 6.45) is 2.60. The Bertz CT molecular complexity index is 1430. The van der Waals surface area contributed by atoms with Crippen LogP contribution in [0.15, 0.2) is 72.8 Å². The summed E-state index contributed by atoms with van der Waals surface area (Å²) in [5, 5.41) is 17.6. The number of likely N-dealkylation sites (tertiary alicyclic amines) is 1. The predicted octanol–water partition coefficient (Wildman–Crippen LogP) is 4.67. The molecule has 2 unspecified atom stereocenters. The van der Waals surface area contributed by atoms with Crippen LogP contribution in [0.25, 0.3) is 10.8 Å². The molecule has 39 heavy (non-hydrogen) atoms. The molecule has 3 aliphatic rings. The van der Waals surface area contributed by atoms with Crippen molar-refractivity contribution in [2.45, 2.75) is 48.1 Å². The Balaban J connectivity index is 1.33. The molecule has 0 radical (unpaired) electrons. The molecule has 8 heteroatoms. The van der Waals surface area contributed by atoms with Crippen LogP contribution in [0.5, 0.6) is 0 Å². The molecule has 3 fully saturated rings. The lowest BCUT2D eigenvalue weighted by Crippen LogP contribution is -2.51. The second kappa shape index (κ2) is 9.99. The SMILES string of the molecule is C[C@@]12CCC3(S1)C(C(=O)Nc1ccc4ccccc4c1)N(CCCCO)C(=O)[C@@H]3[C@@H]2C(=O)Nc1ccccc1. The van der Waals surface area contributed by atoms with Crippen molar-refractivity contribution in [3.8, 4) is 0 Å². The van der Waals surface area contributed by atoms with Gasteiger partial charge in [0.25, 0.3) is 0 Å². The normalized spacial score (nSPS) is 29.0. The van der Waals surface area contributed by atoms with Gasteiger partial charge < -0.3 is 20.6 Å². The van der Waals surface area contributed by atoms with Crippen molar-refractivity contribution < 1.29 is 19.5 Å².